The van der Waals surface area contributed by atoms with Crippen molar-refractivity contribution in [2.75, 3.05) is 6.61 Å². The van der Waals surface area contributed by atoms with Gasteiger partial charge in [-0.05, 0) is 38.5 Å². The highest BCUT2D eigenvalue weighted by atomic mass is 79.9. The highest BCUT2D eigenvalue weighted by molar-refractivity contribution is 9.09. The second-order valence-electron chi connectivity index (χ2n) is 5.08. The van der Waals surface area contributed by atoms with E-state index < -0.39 is 6.29 Å². The van der Waals surface area contributed by atoms with Crippen molar-refractivity contribution in [2.24, 2.45) is 11.8 Å². The Hall–Kier alpha value is -0.420. The van der Waals surface area contributed by atoms with Crippen LogP contribution in [0, 0.1) is 11.8 Å². The number of aldehydes is 1. The maximum Gasteiger partial charge on any atom is 0.311 e. The van der Waals surface area contributed by atoms with Crippen LogP contribution in [-0.2, 0) is 19.1 Å². The molecule has 18 heavy (non-hydrogen) atoms. The van der Waals surface area contributed by atoms with Crippen LogP contribution < -0.4 is 0 Å². The first kappa shape index (κ1) is 14.0. The Balaban J connectivity index is 1.79. The number of hydrogen-bond acceptors (Lipinski definition) is 4. The minimum atomic E-state index is -0.449. The minimum Gasteiger partial charge on any atom is -0.434 e. The van der Waals surface area contributed by atoms with Crippen molar-refractivity contribution < 1.29 is 19.1 Å². The maximum absolute atomic E-state index is 12.0. The number of alkyl halides is 1. The monoisotopic (exact) mass is 318 g/mol. The normalized spacial score (nSPS) is 36.9. The van der Waals surface area contributed by atoms with Gasteiger partial charge in [0, 0.05) is 5.92 Å². The number of esters is 1. The third-order valence-electron chi connectivity index (χ3n) is 3.73. The summed E-state index contributed by atoms with van der Waals surface area (Å²) in [5.74, 6) is -0.106. The molecule has 0 spiro atoms. The van der Waals surface area contributed by atoms with Crippen molar-refractivity contribution in [3.05, 3.63) is 0 Å². The molecule has 0 amide bonds. The zero-order chi connectivity index (χ0) is 13.0. The second-order valence-corrected chi connectivity index (χ2v) is 6.26. The lowest BCUT2D eigenvalue weighted by atomic mass is 9.83. The van der Waals surface area contributed by atoms with Gasteiger partial charge in [0.1, 0.15) is 6.29 Å². The van der Waals surface area contributed by atoms with Crippen molar-refractivity contribution >= 4 is 28.2 Å². The first-order valence-corrected chi connectivity index (χ1v) is 7.53. The summed E-state index contributed by atoms with van der Waals surface area (Å²) >= 11 is 3.48. The van der Waals surface area contributed by atoms with Gasteiger partial charge in [0.05, 0.1) is 17.4 Å². The molecule has 2 aliphatic rings. The fourth-order valence-corrected chi connectivity index (χ4v) is 3.11. The van der Waals surface area contributed by atoms with Crippen molar-refractivity contribution in [1.82, 2.24) is 0 Å². The molecule has 4 nitrogen and oxygen atoms in total. The third-order valence-corrected chi connectivity index (χ3v) is 4.62. The van der Waals surface area contributed by atoms with Crippen LogP contribution in [0.3, 0.4) is 0 Å². The first-order chi connectivity index (χ1) is 8.70. The molecular weight excluding hydrogens is 300 g/mol. The van der Waals surface area contributed by atoms with Gasteiger partial charge >= 0.3 is 5.97 Å². The van der Waals surface area contributed by atoms with E-state index in [0.717, 1.165) is 44.8 Å². The molecule has 2 fully saturated rings. The van der Waals surface area contributed by atoms with Gasteiger partial charge < -0.3 is 14.3 Å². The number of carbonyl (C=O) groups excluding carboxylic acids is 2. The topological polar surface area (TPSA) is 52.6 Å². The van der Waals surface area contributed by atoms with Crippen LogP contribution >= 0.6 is 15.9 Å². The van der Waals surface area contributed by atoms with Crippen LogP contribution in [0.5, 0.6) is 0 Å². The van der Waals surface area contributed by atoms with Crippen LogP contribution in [0.15, 0.2) is 0 Å². The molecule has 102 valence electrons. The summed E-state index contributed by atoms with van der Waals surface area (Å²) in [7, 11) is 0. The van der Waals surface area contributed by atoms with Gasteiger partial charge in [-0.3, -0.25) is 4.79 Å². The highest BCUT2D eigenvalue weighted by Gasteiger charge is 2.32. The summed E-state index contributed by atoms with van der Waals surface area (Å²) in [6.45, 7) is 0.651. The number of halogens is 1. The predicted octanol–water partition coefficient (Wildman–Crippen LogP) is 2.43. The third kappa shape index (κ3) is 3.54. The molecule has 0 N–H and O–H groups in total. The van der Waals surface area contributed by atoms with Crippen LogP contribution in [0.2, 0.25) is 0 Å². The van der Waals surface area contributed by atoms with Crippen LogP contribution in [-0.4, -0.2) is 30.0 Å². The molecule has 0 aromatic carbocycles. The number of hydrogen-bond donors (Lipinski definition) is 0. The molecule has 5 heteroatoms. The molecule has 0 radical (unpaired) electrons. The lowest BCUT2D eigenvalue weighted by Crippen LogP contribution is -2.37. The standard InChI is InChI=1S/C13H19BrO4/c14-11-2-1-7-17-13(11)18-12(16)10-5-3-9(8-15)4-6-10/h8-11,13H,1-7H2. The van der Waals surface area contributed by atoms with Gasteiger partial charge in [-0.25, -0.2) is 0 Å². The zero-order valence-corrected chi connectivity index (χ0v) is 11.9. The summed E-state index contributed by atoms with van der Waals surface area (Å²) in [6.07, 6.45) is 5.61. The fourth-order valence-electron chi connectivity index (χ4n) is 2.53. The minimum absolute atomic E-state index is 0.0635. The zero-order valence-electron chi connectivity index (χ0n) is 10.3. The van der Waals surface area contributed by atoms with Crippen LogP contribution in [0.1, 0.15) is 38.5 Å². The fraction of sp³-hybridized carbons (Fsp3) is 0.846. The largest absolute Gasteiger partial charge is 0.434 e. The molecule has 2 rings (SSSR count). The van der Waals surface area contributed by atoms with Gasteiger partial charge in [-0.15, -0.1) is 0 Å². The SMILES string of the molecule is O=CC1CCC(C(=O)OC2OCCCC2Br)CC1. The van der Waals surface area contributed by atoms with Gasteiger partial charge in [-0.1, -0.05) is 15.9 Å². The number of rotatable bonds is 3. The Labute approximate surface area is 116 Å². The average molecular weight is 319 g/mol. The van der Waals surface area contributed by atoms with E-state index >= 15 is 0 Å². The van der Waals surface area contributed by atoms with Gasteiger partial charge in [-0.2, -0.15) is 0 Å². The lowest BCUT2D eigenvalue weighted by Gasteiger charge is -2.30. The Bertz CT molecular complexity index is 299. The molecule has 0 bridgehead atoms. The van der Waals surface area contributed by atoms with E-state index in [-0.39, 0.29) is 22.6 Å². The van der Waals surface area contributed by atoms with E-state index in [1.54, 1.807) is 0 Å². The van der Waals surface area contributed by atoms with E-state index in [0.29, 0.717) is 6.61 Å². The second kappa shape index (κ2) is 6.66. The quantitative estimate of drug-likeness (QED) is 0.455. The molecule has 2 atom stereocenters. The Morgan fingerprint density at radius 3 is 2.56 bits per heavy atom. The molecule has 1 aliphatic heterocycles. The van der Waals surface area contributed by atoms with Crippen molar-refractivity contribution in [3.8, 4) is 0 Å². The van der Waals surface area contributed by atoms with Gasteiger partial charge in [0.25, 0.3) is 0 Å². The van der Waals surface area contributed by atoms with Crippen LogP contribution in [0.25, 0.3) is 0 Å². The molecule has 0 aromatic rings. The molecule has 1 saturated heterocycles. The molecule has 0 aromatic heterocycles. The molecular formula is C13H19BrO4. The summed E-state index contributed by atoms with van der Waals surface area (Å²) in [5.41, 5.74) is 0. The predicted molar refractivity (Wildman–Crippen MR) is 69.3 cm³/mol. The molecule has 2 unspecified atom stereocenters. The summed E-state index contributed by atoms with van der Waals surface area (Å²) in [5, 5.41) is 0. The van der Waals surface area contributed by atoms with Gasteiger partial charge in [0.15, 0.2) is 0 Å². The van der Waals surface area contributed by atoms with E-state index in [9.17, 15) is 9.59 Å². The highest BCUT2D eigenvalue weighted by Crippen LogP contribution is 2.30. The Morgan fingerprint density at radius 2 is 1.94 bits per heavy atom. The number of ether oxygens (including phenoxy) is 2. The Kier molecular flexibility index (Phi) is 5.18. The van der Waals surface area contributed by atoms with Crippen molar-refractivity contribution in [2.45, 2.75) is 49.6 Å². The number of carbonyl (C=O) groups is 2. The first-order valence-electron chi connectivity index (χ1n) is 6.62. The maximum atomic E-state index is 12.0. The molecule has 1 heterocycles. The van der Waals surface area contributed by atoms with Gasteiger partial charge in [0.2, 0.25) is 6.29 Å². The van der Waals surface area contributed by atoms with E-state index in [2.05, 4.69) is 15.9 Å². The summed E-state index contributed by atoms with van der Waals surface area (Å²) in [6, 6.07) is 0. The molecule has 1 aliphatic carbocycles. The smallest absolute Gasteiger partial charge is 0.311 e. The van der Waals surface area contributed by atoms with Crippen molar-refractivity contribution in [3.63, 3.8) is 0 Å². The summed E-state index contributed by atoms with van der Waals surface area (Å²) < 4.78 is 10.9. The van der Waals surface area contributed by atoms with E-state index in [1.165, 1.54) is 0 Å². The molecule has 1 saturated carbocycles. The lowest BCUT2D eigenvalue weighted by molar-refractivity contribution is -0.190. The van der Waals surface area contributed by atoms with E-state index in [1.807, 2.05) is 0 Å². The average Bonchev–Trinajstić information content (AvgIpc) is 2.41. The summed E-state index contributed by atoms with van der Waals surface area (Å²) in [4.78, 5) is 22.7. The Morgan fingerprint density at radius 1 is 1.22 bits per heavy atom. The van der Waals surface area contributed by atoms with E-state index in [4.69, 9.17) is 9.47 Å². The van der Waals surface area contributed by atoms with Crippen LogP contribution in [0.4, 0.5) is 0 Å². The van der Waals surface area contributed by atoms with Crippen molar-refractivity contribution in [1.29, 1.82) is 0 Å².